The highest BCUT2D eigenvalue weighted by molar-refractivity contribution is 7.10. The molecule has 2 heterocycles. The lowest BCUT2D eigenvalue weighted by Gasteiger charge is -2.39. The number of aliphatic imine (C=N–C) groups is 1. The van der Waals surface area contributed by atoms with Crippen LogP contribution in [0.1, 0.15) is 56.2 Å². The van der Waals surface area contributed by atoms with Crippen LogP contribution in [0.5, 0.6) is 0 Å². The molecule has 1 aliphatic heterocycles. The summed E-state index contributed by atoms with van der Waals surface area (Å²) in [5.41, 5.74) is 5.64. The van der Waals surface area contributed by atoms with Gasteiger partial charge in [0.25, 0.3) is 0 Å². The molecule has 1 aromatic heterocycles. The van der Waals surface area contributed by atoms with Crippen LogP contribution in [0.4, 0.5) is 0 Å². The molecule has 1 amide bonds. The number of piperidine rings is 1. The van der Waals surface area contributed by atoms with Crippen molar-refractivity contribution in [1.29, 1.82) is 0 Å². The Labute approximate surface area is 161 Å². The summed E-state index contributed by atoms with van der Waals surface area (Å²) in [6.45, 7) is 2.81. The van der Waals surface area contributed by atoms with Crippen LogP contribution < -0.4 is 11.1 Å². The summed E-state index contributed by atoms with van der Waals surface area (Å²) in [5.74, 6) is 1.13. The van der Waals surface area contributed by atoms with Crippen LogP contribution in [0.3, 0.4) is 0 Å². The van der Waals surface area contributed by atoms with Gasteiger partial charge < -0.3 is 16.0 Å². The third kappa shape index (κ3) is 4.58. The van der Waals surface area contributed by atoms with Gasteiger partial charge in [0, 0.05) is 43.4 Å². The second kappa shape index (κ2) is 8.89. The number of amides is 1. The Morgan fingerprint density at radius 1 is 1.38 bits per heavy atom. The molecular weight excluding hydrogens is 344 g/mol. The molecule has 0 spiro atoms. The number of carbonyl (C=O) groups excluding carboxylic acids is 1. The van der Waals surface area contributed by atoms with E-state index < -0.39 is 0 Å². The lowest BCUT2D eigenvalue weighted by molar-refractivity contribution is -0.119. The molecule has 0 aromatic carbocycles. The van der Waals surface area contributed by atoms with Crippen molar-refractivity contribution in [3.8, 4) is 0 Å². The quantitative estimate of drug-likeness (QED) is 0.613. The molecule has 1 unspecified atom stereocenters. The Balaban J connectivity index is 1.65. The van der Waals surface area contributed by atoms with Crippen molar-refractivity contribution in [2.75, 3.05) is 26.7 Å². The largest absolute Gasteiger partial charge is 0.370 e. The molecule has 2 aliphatic rings. The van der Waals surface area contributed by atoms with Crippen molar-refractivity contribution >= 4 is 23.2 Å². The molecule has 0 radical (unpaired) electrons. The topological polar surface area (TPSA) is 70.7 Å². The van der Waals surface area contributed by atoms with E-state index in [0.29, 0.717) is 12.3 Å². The Hall–Kier alpha value is -1.56. The molecular formula is C20H32N4OS. The number of thiophene rings is 1. The second-order valence-electron chi connectivity index (χ2n) is 7.84. The van der Waals surface area contributed by atoms with E-state index in [1.165, 1.54) is 37.0 Å². The lowest BCUT2D eigenvalue weighted by Crippen LogP contribution is -2.50. The molecule has 1 aromatic rings. The van der Waals surface area contributed by atoms with Crippen molar-refractivity contribution in [2.24, 2.45) is 16.6 Å². The van der Waals surface area contributed by atoms with E-state index in [9.17, 15) is 4.79 Å². The fourth-order valence-electron chi connectivity index (χ4n) is 4.61. The Morgan fingerprint density at radius 2 is 2.19 bits per heavy atom. The van der Waals surface area contributed by atoms with E-state index in [2.05, 4.69) is 32.7 Å². The summed E-state index contributed by atoms with van der Waals surface area (Å²) < 4.78 is 0. The van der Waals surface area contributed by atoms with Gasteiger partial charge in [-0.2, -0.15) is 0 Å². The first-order chi connectivity index (χ1) is 12.6. The van der Waals surface area contributed by atoms with E-state index in [1.54, 1.807) is 0 Å². The van der Waals surface area contributed by atoms with Gasteiger partial charge in [-0.3, -0.25) is 9.79 Å². The molecule has 26 heavy (non-hydrogen) atoms. The number of carbonyl (C=O) groups is 1. The molecule has 144 valence electrons. The lowest BCUT2D eigenvalue weighted by atomic mass is 9.73. The maximum Gasteiger partial charge on any atom is 0.217 e. The predicted molar refractivity (Wildman–Crippen MR) is 109 cm³/mol. The normalized spacial score (nSPS) is 23.7. The van der Waals surface area contributed by atoms with Crippen molar-refractivity contribution < 1.29 is 4.79 Å². The molecule has 3 N–H and O–H groups in total. The molecule has 1 aliphatic carbocycles. The predicted octanol–water partition coefficient (Wildman–Crippen LogP) is 3.11. The van der Waals surface area contributed by atoms with Crippen molar-refractivity contribution in [1.82, 2.24) is 10.2 Å². The first-order valence-corrected chi connectivity index (χ1v) is 10.8. The molecule has 3 rings (SSSR count). The third-order valence-corrected chi connectivity index (χ3v) is 7.08. The zero-order valence-electron chi connectivity index (χ0n) is 15.9. The van der Waals surface area contributed by atoms with E-state index in [-0.39, 0.29) is 11.3 Å². The summed E-state index contributed by atoms with van der Waals surface area (Å²) in [6, 6.07) is 4.47. The summed E-state index contributed by atoms with van der Waals surface area (Å²) >= 11 is 1.89. The Kier molecular flexibility index (Phi) is 6.57. The third-order valence-electron chi connectivity index (χ3n) is 5.96. The number of nitrogens with two attached hydrogens (primary N) is 1. The van der Waals surface area contributed by atoms with E-state index in [4.69, 9.17) is 5.73 Å². The zero-order chi connectivity index (χ0) is 18.4. The van der Waals surface area contributed by atoms with Crippen LogP contribution in [0.25, 0.3) is 0 Å². The summed E-state index contributed by atoms with van der Waals surface area (Å²) in [7, 11) is 1.86. The highest BCUT2D eigenvalue weighted by Crippen LogP contribution is 2.41. The Bertz CT molecular complexity index is 607. The number of hydrogen-bond acceptors (Lipinski definition) is 3. The monoisotopic (exact) mass is 376 g/mol. The van der Waals surface area contributed by atoms with Crippen LogP contribution in [-0.4, -0.2) is 43.4 Å². The molecule has 5 nitrogen and oxygen atoms in total. The van der Waals surface area contributed by atoms with Gasteiger partial charge in [-0.1, -0.05) is 25.3 Å². The summed E-state index contributed by atoms with van der Waals surface area (Å²) in [5, 5.41) is 5.87. The minimum atomic E-state index is -0.196. The first kappa shape index (κ1) is 19.2. The van der Waals surface area contributed by atoms with Gasteiger partial charge in [-0.25, -0.2) is 0 Å². The molecule has 1 saturated carbocycles. The van der Waals surface area contributed by atoms with Gasteiger partial charge in [0.15, 0.2) is 5.96 Å². The van der Waals surface area contributed by atoms with Gasteiger partial charge in [0.05, 0.1) is 0 Å². The average molecular weight is 377 g/mol. The minimum Gasteiger partial charge on any atom is -0.370 e. The van der Waals surface area contributed by atoms with Gasteiger partial charge in [-0.15, -0.1) is 11.3 Å². The number of likely N-dealkylation sites (tertiary alicyclic amines) is 1. The van der Waals surface area contributed by atoms with Crippen LogP contribution in [0.2, 0.25) is 0 Å². The van der Waals surface area contributed by atoms with Crippen molar-refractivity contribution in [3.63, 3.8) is 0 Å². The van der Waals surface area contributed by atoms with Gasteiger partial charge >= 0.3 is 0 Å². The van der Waals surface area contributed by atoms with Crippen LogP contribution in [-0.2, 0) is 10.2 Å². The maximum atomic E-state index is 11.3. The molecule has 0 bridgehead atoms. The van der Waals surface area contributed by atoms with E-state index in [0.717, 1.165) is 38.4 Å². The van der Waals surface area contributed by atoms with Crippen molar-refractivity contribution in [2.45, 2.75) is 56.8 Å². The highest BCUT2D eigenvalue weighted by Gasteiger charge is 2.35. The van der Waals surface area contributed by atoms with Gasteiger partial charge in [0.1, 0.15) is 0 Å². The smallest absolute Gasteiger partial charge is 0.217 e. The van der Waals surface area contributed by atoms with Crippen molar-refractivity contribution in [3.05, 3.63) is 22.4 Å². The number of primary amides is 1. The standard InChI is InChI=1S/C20H32N4OS/c1-22-19(24-11-5-7-16(14-24)13-18(21)25)23-15-20(9-3-2-4-10-20)17-8-6-12-26-17/h6,8,12,16H,2-5,7,9-11,13-15H2,1H3,(H2,21,25)(H,22,23). The molecule has 1 atom stereocenters. The molecule has 1 saturated heterocycles. The zero-order valence-corrected chi connectivity index (χ0v) is 16.7. The number of rotatable bonds is 5. The van der Waals surface area contributed by atoms with Gasteiger partial charge in [0.2, 0.25) is 5.91 Å². The fourth-order valence-corrected chi connectivity index (χ4v) is 5.60. The van der Waals surface area contributed by atoms with Crippen LogP contribution in [0.15, 0.2) is 22.5 Å². The minimum absolute atomic E-state index is 0.196. The summed E-state index contributed by atoms with van der Waals surface area (Å²) in [4.78, 5) is 19.6. The van der Waals surface area contributed by atoms with E-state index >= 15 is 0 Å². The van der Waals surface area contributed by atoms with Gasteiger partial charge in [-0.05, 0) is 43.0 Å². The van der Waals surface area contributed by atoms with E-state index in [1.807, 2.05) is 18.4 Å². The first-order valence-electron chi connectivity index (χ1n) is 9.91. The van der Waals surface area contributed by atoms with Crippen LogP contribution in [0, 0.1) is 5.92 Å². The number of nitrogens with zero attached hydrogens (tertiary/aromatic N) is 2. The van der Waals surface area contributed by atoms with Crippen LogP contribution >= 0.6 is 11.3 Å². The number of guanidine groups is 1. The molecule has 2 fully saturated rings. The Morgan fingerprint density at radius 3 is 2.85 bits per heavy atom. The number of nitrogens with one attached hydrogen (secondary N) is 1. The summed E-state index contributed by atoms with van der Waals surface area (Å²) in [6.07, 6.45) is 9.12. The second-order valence-corrected chi connectivity index (χ2v) is 8.79. The SMILES string of the molecule is CN=C(NCC1(c2cccs2)CCCCC1)N1CCCC(CC(N)=O)C1. The highest BCUT2D eigenvalue weighted by atomic mass is 32.1. The number of hydrogen-bond donors (Lipinski definition) is 2. The maximum absolute atomic E-state index is 11.3. The fraction of sp³-hybridized carbons (Fsp3) is 0.700. The average Bonchev–Trinajstić information content (AvgIpc) is 3.18. The molecule has 6 heteroatoms.